The lowest BCUT2D eigenvalue weighted by Gasteiger charge is -2.12. The van der Waals surface area contributed by atoms with E-state index < -0.39 is 73.0 Å². The zero-order valence-electron chi connectivity index (χ0n) is 28.9. The van der Waals surface area contributed by atoms with Crippen molar-refractivity contribution >= 4 is 43.2 Å². The van der Waals surface area contributed by atoms with Gasteiger partial charge >= 0.3 is 11.9 Å². The summed E-state index contributed by atoms with van der Waals surface area (Å²) in [5.41, 5.74) is 0.390. The highest BCUT2D eigenvalue weighted by Crippen LogP contribution is 2.36. The highest BCUT2D eigenvalue weighted by molar-refractivity contribution is 7.91. The second kappa shape index (κ2) is 17.7. The number of halogens is 5. The average molecular weight is 843 g/mol. The Morgan fingerprint density at radius 3 is 1.68 bits per heavy atom. The normalized spacial score (nSPS) is 11.2. The minimum Gasteiger partial charge on any atom is -0.481 e. The van der Waals surface area contributed by atoms with Crippen molar-refractivity contribution in [1.82, 2.24) is 0 Å². The number of benzene rings is 6. The lowest BCUT2D eigenvalue weighted by Crippen LogP contribution is -2.10. The maximum absolute atomic E-state index is 14.7. The summed E-state index contributed by atoms with van der Waals surface area (Å²) in [4.78, 5) is 20.4. The van der Waals surface area contributed by atoms with Crippen LogP contribution in [0.3, 0.4) is 0 Å². The molecule has 17 heteroatoms. The van der Waals surface area contributed by atoms with E-state index in [0.29, 0.717) is 10.6 Å². The molecule has 0 radical (unpaired) electrons. The summed E-state index contributed by atoms with van der Waals surface area (Å²) in [7, 11) is -8.13. The summed E-state index contributed by atoms with van der Waals surface area (Å²) < 4.78 is 117. The molecule has 0 spiro atoms. The van der Waals surface area contributed by atoms with E-state index in [0.717, 1.165) is 54.6 Å². The molecule has 57 heavy (non-hydrogen) atoms. The summed E-state index contributed by atoms with van der Waals surface area (Å²) in [5.74, 6) is -5.59. The first kappa shape index (κ1) is 41.9. The predicted octanol–water partition coefficient (Wildman–Crippen LogP) is 8.51. The van der Waals surface area contributed by atoms with Crippen molar-refractivity contribution in [3.63, 3.8) is 0 Å². The van der Waals surface area contributed by atoms with Gasteiger partial charge in [-0.3, -0.25) is 0 Å². The van der Waals surface area contributed by atoms with E-state index in [1.165, 1.54) is 54.6 Å². The van der Waals surface area contributed by atoms with Gasteiger partial charge in [-0.15, -0.1) is 0 Å². The van der Waals surface area contributed by atoms with Crippen molar-refractivity contribution in [2.24, 2.45) is 0 Å². The molecule has 0 heterocycles. The van der Waals surface area contributed by atoms with Crippen LogP contribution in [0.2, 0.25) is 5.02 Å². The number of carboxylic acids is 2. The summed E-state index contributed by atoms with van der Waals surface area (Å²) in [6.45, 7) is -1.31. The zero-order chi connectivity index (χ0) is 41.5. The van der Waals surface area contributed by atoms with Gasteiger partial charge in [0.05, 0.1) is 14.7 Å². The fourth-order valence-electron chi connectivity index (χ4n) is 5.22. The Hall–Kier alpha value is -6.23. The van der Waals surface area contributed by atoms with Crippen LogP contribution in [0.25, 0.3) is 22.3 Å². The second-order valence-corrected chi connectivity index (χ2v) is 16.0. The van der Waals surface area contributed by atoms with E-state index in [-0.39, 0.29) is 42.9 Å². The number of carbonyl (C=O) groups is 2. The molecule has 6 aromatic rings. The number of rotatable bonds is 12. The van der Waals surface area contributed by atoms with Crippen LogP contribution in [0, 0.1) is 23.3 Å². The van der Waals surface area contributed by atoms with Crippen LogP contribution >= 0.6 is 11.6 Å². The molecule has 0 fully saturated rings. The monoisotopic (exact) mass is 842 g/mol. The summed E-state index contributed by atoms with van der Waals surface area (Å²) >= 11 is 5.97. The Bertz CT molecular complexity index is 2680. The summed E-state index contributed by atoms with van der Waals surface area (Å²) in [5, 5.41) is 17.8. The molecule has 0 saturated heterocycles. The second-order valence-electron chi connectivity index (χ2n) is 11.7. The smallest absolute Gasteiger partial charge is 0.341 e. The minimum atomic E-state index is -4.20. The minimum absolute atomic E-state index is 0.0124. The third-order valence-corrected chi connectivity index (χ3v) is 11.6. The molecule has 294 valence electrons. The van der Waals surface area contributed by atoms with E-state index in [4.69, 9.17) is 31.3 Å². The Labute approximate surface area is 328 Å². The molecule has 0 aromatic heterocycles. The van der Waals surface area contributed by atoms with Crippen molar-refractivity contribution in [3.8, 4) is 33.8 Å². The van der Waals surface area contributed by atoms with Crippen LogP contribution in [0.5, 0.6) is 11.5 Å². The Morgan fingerprint density at radius 2 is 1.09 bits per heavy atom. The molecule has 6 aromatic carbocycles. The largest absolute Gasteiger partial charge is 0.481 e. The molecule has 0 amide bonds. The quantitative estimate of drug-likeness (QED) is 0.0903. The molecule has 0 aliphatic heterocycles. The average Bonchev–Trinajstić information content (AvgIpc) is 3.17. The first-order valence-electron chi connectivity index (χ1n) is 16.2. The maximum atomic E-state index is 14.7. The number of sulfone groups is 2. The van der Waals surface area contributed by atoms with E-state index >= 15 is 0 Å². The van der Waals surface area contributed by atoms with Crippen LogP contribution < -0.4 is 9.47 Å². The van der Waals surface area contributed by atoms with Crippen molar-refractivity contribution in [3.05, 3.63) is 156 Å². The van der Waals surface area contributed by atoms with E-state index in [1.807, 2.05) is 0 Å². The maximum Gasteiger partial charge on any atom is 0.341 e. The number of hydrogen-bond acceptors (Lipinski definition) is 8. The van der Waals surface area contributed by atoms with Gasteiger partial charge in [0, 0.05) is 21.7 Å². The van der Waals surface area contributed by atoms with E-state index in [1.54, 1.807) is 18.2 Å². The number of hydrogen-bond donors (Lipinski definition) is 2. The topological polar surface area (TPSA) is 161 Å². The number of ether oxygens (including phenoxy) is 2. The van der Waals surface area contributed by atoms with Crippen LogP contribution in [-0.4, -0.2) is 52.2 Å². The highest BCUT2D eigenvalue weighted by atomic mass is 35.5. The molecule has 0 saturated carbocycles. The van der Waals surface area contributed by atoms with Gasteiger partial charge in [0.2, 0.25) is 19.7 Å². The van der Waals surface area contributed by atoms with Crippen molar-refractivity contribution in [2.45, 2.75) is 19.6 Å². The fourth-order valence-corrected chi connectivity index (χ4v) is 7.99. The van der Waals surface area contributed by atoms with Crippen LogP contribution in [0.4, 0.5) is 17.6 Å². The van der Waals surface area contributed by atoms with Gasteiger partial charge < -0.3 is 19.7 Å². The standard InChI is InChI=1S/C20H13ClF2O5S.C20H14F2O5S/c21-13-2-7-18(28-11-20(24)25)16(10-13)12-1-8-19(17(23)9-12)29(26,27)15-5-3-14(22)4-6-15;21-13-6-9-19(27-12-20(23)24)17(10-13)16-8-7-15(11-18(16)22)28(25,26)14-4-2-1-3-5-14/h1-10H,11H2,(H,24,25);1-11H,12H2,(H,23,24). The van der Waals surface area contributed by atoms with E-state index in [9.17, 15) is 44.0 Å². The molecule has 0 bridgehead atoms. The van der Waals surface area contributed by atoms with Crippen LogP contribution in [0.1, 0.15) is 0 Å². The van der Waals surface area contributed by atoms with Crippen molar-refractivity contribution in [1.29, 1.82) is 0 Å². The van der Waals surface area contributed by atoms with Gasteiger partial charge in [0.25, 0.3) is 0 Å². The summed E-state index contributed by atoms with van der Waals surface area (Å²) in [6.07, 6.45) is 0. The Morgan fingerprint density at radius 1 is 0.526 bits per heavy atom. The molecule has 0 aliphatic rings. The number of aliphatic carboxylic acids is 2. The molecule has 0 unspecified atom stereocenters. The molecular formula is C40H27ClF4O10S2. The Kier molecular flexibility index (Phi) is 13.0. The molecule has 0 atom stereocenters. The first-order valence-corrected chi connectivity index (χ1v) is 19.5. The fraction of sp³-hybridized carbons (Fsp3) is 0.0500. The SMILES string of the molecule is O=C(O)COc1ccc(Cl)cc1-c1ccc(S(=O)(=O)c2ccc(F)cc2)c(F)c1.O=C(O)COc1ccc(F)cc1-c1ccc(S(=O)(=O)c2ccccc2)cc1F. The lowest BCUT2D eigenvalue weighted by molar-refractivity contribution is -0.140. The zero-order valence-corrected chi connectivity index (χ0v) is 31.3. The van der Waals surface area contributed by atoms with Crippen LogP contribution in [-0.2, 0) is 29.3 Å². The molecule has 0 aliphatic carbocycles. The van der Waals surface area contributed by atoms with E-state index in [2.05, 4.69) is 0 Å². The molecule has 6 rings (SSSR count). The third-order valence-electron chi connectivity index (χ3n) is 7.84. The lowest BCUT2D eigenvalue weighted by atomic mass is 10.0. The van der Waals surface area contributed by atoms with Gasteiger partial charge in [-0.05, 0) is 109 Å². The summed E-state index contributed by atoms with van der Waals surface area (Å²) in [6, 6.07) is 25.8. The molecular weight excluding hydrogens is 816 g/mol. The Balaban J connectivity index is 0.000000218. The third kappa shape index (κ3) is 10.2. The van der Waals surface area contributed by atoms with Gasteiger partial charge in [-0.1, -0.05) is 35.9 Å². The van der Waals surface area contributed by atoms with Crippen molar-refractivity contribution < 1.29 is 63.7 Å². The highest BCUT2D eigenvalue weighted by Gasteiger charge is 2.24. The number of carboxylic acid groups (broad SMARTS) is 2. The van der Waals surface area contributed by atoms with Crippen LogP contribution in [0.15, 0.2) is 147 Å². The van der Waals surface area contributed by atoms with Gasteiger partial charge in [-0.25, -0.2) is 44.0 Å². The molecule has 10 nitrogen and oxygen atoms in total. The van der Waals surface area contributed by atoms with Crippen molar-refractivity contribution in [2.75, 3.05) is 13.2 Å². The first-order chi connectivity index (χ1) is 27.0. The van der Waals surface area contributed by atoms with Gasteiger partial charge in [-0.2, -0.15) is 0 Å². The molecule has 2 N–H and O–H groups in total. The predicted molar refractivity (Wildman–Crippen MR) is 199 cm³/mol. The van der Waals surface area contributed by atoms with Gasteiger partial charge in [0.15, 0.2) is 13.2 Å². The van der Waals surface area contributed by atoms with Gasteiger partial charge in [0.1, 0.15) is 39.7 Å².